The van der Waals surface area contributed by atoms with Crippen molar-refractivity contribution in [2.45, 2.75) is 204 Å². The highest BCUT2D eigenvalue weighted by atomic mass is 31.2. The van der Waals surface area contributed by atoms with Crippen LogP contribution >= 0.6 is 15.6 Å². The van der Waals surface area contributed by atoms with Crippen molar-refractivity contribution in [2.75, 3.05) is 13.2 Å². The number of hydrogen-bond donors (Lipinski definition) is 9. The van der Waals surface area contributed by atoms with Gasteiger partial charge in [-0.25, -0.2) is 9.13 Å². The lowest BCUT2D eigenvalue weighted by Gasteiger charge is -2.38. The summed E-state index contributed by atoms with van der Waals surface area (Å²) in [4.78, 5) is 70.5. The van der Waals surface area contributed by atoms with Crippen molar-refractivity contribution < 1.29 is 91.9 Å². The summed E-state index contributed by atoms with van der Waals surface area (Å²) in [6, 6.07) is 0. The van der Waals surface area contributed by atoms with Gasteiger partial charge in [0.2, 0.25) is 0 Å². The number of ether oxygens (including phenoxy) is 2. The molecule has 0 aromatic carbocycles. The Hall–Kier alpha value is -2.71. The molecule has 2 bridgehead atoms. The molecule has 70 heavy (non-hydrogen) atoms. The number of aliphatic hydroxyl groups excluding tert-OH is 6. The van der Waals surface area contributed by atoms with Crippen LogP contribution < -0.4 is 0 Å². The number of fused-ring (bicyclic) bond motifs is 4. The molecule has 2 aliphatic rings. The molecule has 21 heteroatoms. The zero-order valence-corrected chi connectivity index (χ0v) is 42.7. The molecule has 9 N–H and O–H groups in total. The fourth-order valence-corrected chi connectivity index (χ4v) is 9.45. The van der Waals surface area contributed by atoms with E-state index in [2.05, 4.69) is 25.2 Å². The molecule has 1 saturated carbocycles. The van der Waals surface area contributed by atoms with Gasteiger partial charge in [-0.2, -0.15) is 0 Å². The first kappa shape index (κ1) is 63.4. The van der Waals surface area contributed by atoms with Crippen molar-refractivity contribution in [3.63, 3.8) is 0 Å². The third-order valence-corrected chi connectivity index (χ3v) is 13.4. The van der Waals surface area contributed by atoms with Crippen molar-refractivity contribution in [1.82, 2.24) is 0 Å². The molecule has 0 amide bonds. The normalized spacial score (nSPS) is 30.6. The molecule has 1 unspecified atom stereocenters. The summed E-state index contributed by atoms with van der Waals surface area (Å²) in [5, 5.41) is 68.2. The summed E-state index contributed by atoms with van der Waals surface area (Å²) < 4.78 is 52.1. The summed E-state index contributed by atoms with van der Waals surface area (Å²) in [5.41, 5.74) is 0. The Morgan fingerprint density at radius 1 is 0.829 bits per heavy atom. The van der Waals surface area contributed by atoms with Gasteiger partial charge in [0.05, 0.1) is 31.0 Å². The van der Waals surface area contributed by atoms with Gasteiger partial charge in [-0.05, 0) is 64.2 Å². The Morgan fingerprint density at radius 2 is 1.46 bits per heavy atom. The fraction of sp³-hybridized carbons (Fsp3) is 0.735. The van der Waals surface area contributed by atoms with Crippen LogP contribution in [0.1, 0.15) is 149 Å². The molecule has 0 saturated heterocycles. The summed E-state index contributed by atoms with van der Waals surface area (Å²) in [6.45, 7) is 2.49. The number of aliphatic hydroxyl groups is 6. The standard InChI is InChI=1S/C49H82O19P2/c1-3-5-7-8-9-10-11-12-13-14-15-16-17-18-19-20-26-30-43(54)66-37-34-64-42(53)29-25-22-21-24-28-38-40(51)33-41(52)39(32-31-36(50)27-23-6-4-2)45(56)48(67-69(59,60)61)49(47(58)46(57)44(38)55)68-70(62,63)65-35-37/h12-13,15-16,18-19,21,24,31-32,36-39,41,44-50,52,55-58H,3-11,14,17,20,22-23,25-30,33-35H2,1-2H3,(H,62,63)(H2,59,60,61)/b13-12-,16-15-,19-18-,24-21-,32-31+/t36-,37+,38-,39-,41+,44+,45+,46-,47+,48+,49-/m0/s1. The van der Waals surface area contributed by atoms with E-state index in [0.717, 1.165) is 37.8 Å². The SMILES string of the molecule is CCCCCCCC/C=C\C/C=C\C/C=C\CCCC(=O)O[C@@H]1COC(=O)CCC/C=C\C[C@H]2C(=O)C[C@@H](O)[C@H](/C=C/[C@@H](O)CCCCC)[C@@H](O)[C@@H](OP(=O)(O)O)[C@@H](OP(=O)(O)OC1)[C@H](O)[C@@H](O)[C@@H]2O. The number of phosphoric acid groups is 2. The van der Waals surface area contributed by atoms with Crippen LogP contribution in [0.25, 0.3) is 0 Å². The van der Waals surface area contributed by atoms with Crippen LogP contribution in [0, 0.1) is 11.8 Å². The number of allylic oxidation sites excluding steroid dienone is 8. The van der Waals surface area contributed by atoms with E-state index < -0.39 is 120 Å². The van der Waals surface area contributed by atoms with Crippen LogP contribution in [0.5, 0.6) is 0 Å². The number of unbranched alkanes of at least 4 members (excludes halogenated alkanes) is 9. The second-order valence-corrected chi connectivity index (χ2v) is 20.6. The average Bonchev–Trinajstić information content (AvgIpc) is 3.30. The largest absolute Gasteiger partial charge is 0.472 e. The predicted octanol–water partition coefficient (Wildman–Crippen LogP) is 6.43. The van der Waals surface area contributed by atoms with E-state index in [9.17, 15) is 68.8 Å². The third-order valence-electron chi connectivity index (χ3n) is 11.9. The Labute approximate surface area is 413 Å². The minimum atomic E-state index is -5.79. The van der Waals surface area contributed by atoms with Crippen LogP contribution in [-0.4, -0.2) is 131 Å². The minimum Gasteiger partial charge on any atom is -0.462 e. The fourth-order valence-electron chi connectivity index (χ4n) is 7.92. The smallest absolute Gasteiger partial charge is 0.462 e. The van der Waals surface area contributed by atoms with E-state index in [4.69, 9.17) is 23.0 Å². The highest BCUT2D eigenvalue weighted by Crippen LogP contribution is 2.49. The lowest BCUT2D eigenvalue weighted by Crippen LogP contribution is -2.56. The van der Waals surface area contributed by atoms with Crippen molar-refractivity contribution in [3.8, 4) is 0 Å². The van der Waals surface area contributed by atoms with E-state index in [1.165, 1.54) is 44.6 Å². The Kier molecular flexibility index (Phi) is 32.1. The van der Waals surface area contributed by atoms with Gasteiger partial charge in [0, 0.05) is 31.1 Å². The van der Waals surface area contributed by atoms with Gasteiger partial charge in [0.25, 0.3) is 0 Å². The van der Waals surface area contributed by atoms with Crippen LogP contribution in [0.15, 0.2) is 60.8 Å². The zero-order chi connectivity index (χ0) is 52.0. The van der Waals surface area contributed by atoms with Gasteiger partial charge in [0.15, 0.2) is 6.10 Å². The predicted molar refractivity (Wildman–Crippen MR) is 260 cm³/mol. The average molecular weight is 1040 g/mol. The summed E-state index contributed by atoms with van der Waals surface area (Å²) >= 11 is 0. The van der Waals surface area contributed by atoms with Crippen molar-refractivity contribution in [3.05, 3.63) is 60.8 Å². The summed E-state index contributed by atoms with van der Waals surface area (Å²) in [6.07, 6.45) is 10.3. The third kappa shape index (κ3) is 26.8. The molecule has 1 fully saturated rings. The summed E-state index contributed by atoms with van der Waals surface area (Å²) in [5.74, 6) is -5.77. The lowest BCUT2D eigenvalue weighted by molar-refractivity contribution is -0.164. The maximum absolute atomic E-state index is 13.7. The molecule has 0 aromatic rings. The topological polar surface area (TPSA) is 314 Å². The Bertz CT molecular complexity index is 1750. The molecule has 19 nitrogen and oxygen atoms in total. The van der Waals surface area contributed by atoms with Gasteiger partial charge in [-0.3, -0.25) is 28.0 Å². The first-order chi connectivity index (χ1) is 33.3. The van der Waals surface area contributed by atoms with Gasteiger partial charge < -0.3 is 54.8 Å². The maximum Gasteiger partial charge on any atom is 0.472 e. The van der Waals surface area contributed by atoms with E-state index in [0.29, 0.717) is 25.7 Å². The molecule has 0 radical (unpaired) electrons. The molecule has 1 heterocycles. The van der Waals surface area contributed by atoms with Crippen LogP contribution in [0.3, 0.4) is 0 Å². The van der Waals surface area contributed by atoms with Crippen LogP contribution in [-0.2, 0) is 46.6 Å². The highest BCUT2D eigenvalue weighted by molar-refractivity contribution is 7.47. The number of hydrogen-bond acceptors (Lipinski definition) is 16. The molecule has 1 aliphatic heterocycles. The quantitative estimate of drug-likeness (QED) is 0.0218. The molecule has 12 atom stereocenters. The van der Waals surface area contributed by atoms with E-state index in [-0.39, 0.29) is 38.5 Å². The number of esters is 2. The number of carbonyl (C=O) groups excluding carboxylic acids is 3. The van der Waals surface area contributed by atoms with Crippen molar-refractivity contribution in [1.29, 1.82) is 0 Å². The Morgan fingerprint density at radius 3 is 2.13 bits per heavy atom. The molecule has 2 rings (SSSR count). The number of rotatable bonds is 24. The molecule has 0 aromatic heterocycles. The zero-order valence-electron chi connectivity index (χ0n) is 40.9. The van der Waals surface area contributed by atoms with Gasteiger partial charge in [-0.1, -0.05) is 126 Å². The Balaban J connectivity index is 2.34. The maximum atomic E-state index is 13.7. The number of phosphoric ester groups is 2. The van der Waals surface area contributed by atoms with Crippen molar-refractivity contribution in [2.24, 2.45) is 11.8 Å². The molecule has 402 valence electrons. The molecule has 0 spiro atoms. The van der Waals surface area contributed by atoms with Crippen molar-refractivity contribution >= 4 is 33.4 Å². The highest BCUT2D eigenvalue weighted by Gasteiger charge is 2.51. The van der Waals surface area contributed by atoms with Crippen LogP contribution in [0.4, 0.5) is 0 Å². The number of cyclic esters (lactones) is 1. The molecular formula is C49H82O19P2. The van der Waals surface area contributed by atoms with E-state index >= 15 is 0 Å². The summed E-state index contributed by atoms with van der Waals surface area (Å²) in [7, 11) is -11.5. The number of carbonyl (C=O) groups is 3. The first-order valence-electron chi connectivity index (χ1n) is 24.9. The minimum absolute atomic E-state index is 0.109. The van der Waals surface area contributed by atoms with Gasteiger partial charge >= 0.3 is 27.6 Å². The first-order valence-corrected chi connectivity index (χ1v) is 28.0. The number of Topliss-reactive ketones (excluding diaryl/α,β-unsaturated/α-hetero) is 1. The number of ketones is 1. The van der Waals surface area contributed by atoms with E-state index in [1.54, 1.807) is 6.08 Å². The van der Waals surface area contributed by atoms with Gasteiger partial charge in [-0.15, -0.1) is 0 Å². The second kappa shape index (κ2) is 35.4. The van der Waals surface area contributed by atoms with Gasteiger partial charge in [0.1, 0.15) is 36.8 Å². The second-order valence-electron chi connectivity index (χ2n) is 18.0. The van der Waals surface area contributed by atoms with E-state index in [1.807, 2.05) is 25.2 Å². The monoisotopic (exact) mass is 1040 g/mol. The molecule has 1 aliphatic carbocycles. The van der Waals surface area contributed by atoms with Crippen LogP contribution in [0.2, 0.25) is 0 Å². The lowest BCUT2D eigenvalue weighted by atomic mass is 9.84. The molecular weight excluding hydrogens is 954 g/mol.